The van der Waals surface area contributed by atoms with E-state index in [1.165, 1.54) is 22.5 Å². The first-order valence-corrected chi connectivity index (χ1v) is 12.5. The van der Waals surface area contributed by atoms with E-state index in [9.17, 15) is 13.2 Å². The second-order valence-electron chi connectivity index (χ2n) is 7.81. The lowest BCUT2D eigenvalue weighted by atomic mass is 10.0. The van der Waals surface area contributed by atoms with Gasteiger partial charge in [0.05, 0.1) is 21.7 Å². The number of carbonyl (C=O) groups is 1. The normalized spacial score (nSPS) is 13.7. The van der Waals surface area contributed by atoms with Gasteiger partial charge in [-0.15, -0.1) is 0 Å². The van der Waals surface area contributed by atoms with Gasteiger partial charge in [0.15, 0.2) is 6.61 Å². The molecule has 0 atom stereocenters. The van der Waals surface area contributed by atoms with Gasteiger partial charge in [-0.25, -0.2) is 8.42 Å². The van der Waals surface area contributed by atoms with Crippen LogP contribution in [-0.2, 0) is 26.0 Å². The van der Waals surface area contributed by atoms with Crippen molar-refractivity contribution in [3.05, 3.63) is 53.1 Å². The van der Waals surface area contributed by atoms with Crippen molar-refractivity contribution in [3.8, 4) is 5.75 Å². The molecule has 2 aromatic carbocycles. The van der Waals surface area contributed by atoms with Crippen LogP contribution >= 0.6 is 11.6 Å². The second-order valence-corrected chi connectivity index (χ2v) is 10.1. The molecule has 7 nitrogen and oxygen atoms in total. The maximum Gasteiger partial charge on any atom is 0.264 e. The predicted octanol–water partition coefficient (Wildman–Crippen LogP) is 3.79. The number of nitrogens with one attached hydrogen (secondary N) is 1. The van der Waals surface area contributed by atoms with E-state index in [4.69, 9.17) is 21.1 Å². The molecular formula is C23H29ClN2O5S. The summed E-state index contributed by atoms with van der Waals surface area (Å²) in [5, 5.41) is 2.88. The van der Waals surface area contributed by atoms with E-state index >= 15 is 0 Å². The molecule has 32 heavy (non-hydrogen) atoms. The van der Waals surface area contributed by atoms with Gasteiger partial charge in [-0.3, -0.25) is 9.10 Å². The number of anilines is 1. The summed E-state index contributed by atoms with van der Waals surface area (Å²) in [6, 6.07) is 11.8. The molecule has 0 unspecified atom stereocenters. The van der Waals surface area contributed by atoms with E-state index in [2.05, 4.69) is 5.32 Å². The van der Waals surface area contributed by atoms with Gasteiger partial charge in [0.2, 0.25) is 0 Å². The van der Waals surface area contributed by atoms with Crippen LogP contribution in [0.15, 0.2) is 47.4 Å². The number of ether oxygens (including phenoxy) is 2. The third kappa shape index (κ3) is 6.15. The van der Waals surface area contributed by atoms with Crippen molar-refractivity contribution in [2.75, 3.05) is 30.6 Å². The quantitative estimate of drug-likeness (QED) is 0.523. The minimum Gasteiger partial charge on any atom is -0.482 e. The summed E-state index contributed by atoms with van der Waals surface area (Å²) in [6.07, 6.45) is 2.47. The number of nitrogens with zero attached hydrogens (tertiary/aromatic N) is 1. The number of rotatable bonds is 10. The van der Waals surface area contributed by atoms with Gasteiger partial charge in [0.1, 0.15) is 5.75 Å². The molecule has 2 aromatic rings. The standard InChI is InChI=1S/C23H29ClN2O5S/c1-17(2)30-14-6-12-25-23(27)16-31-22-11-10-19(15-20(22)24)32(28,29)26-13-5-8-18-7-3-4-9-21(18)26/h3-4,7,9-11,15,17H,5-6,8,12-14,16H2,1-2H3,(H,25,27). The molecular weight excluding hydrogens is 452 g/mol. The van der Waals surface area contributed by atoms with Crippen LogP contribution < -0.4 is 14.4 Å². The lowest BCUT2D eigenvalue weighted by Crippen LogP contribution is -2.35. The van der Waals surface area contributed by atoms with Crippen LogP contribution in [-0.4, -0.2) is 46.7 Å². The summed E-state index contributed by atoms with van der Waals surface area (Å²) in [5.74, 6) is -0.0322. The monoisotopic (exact) mass is 480 g/mol. The third-order valence-corrected chi connectivity index (χ3v) is 7.12. The Hall–Kier alpha value is -2.29. The molecule has 0 radical (unpaired) electrons. The van der Waals surface area contributed by atoms with Gasteiger partial charge in [-0.1, -0.05) is 29.8 Å². The highest BCUT2D eigenvalue weighted by Crippen LogP contribution is 2.34. The molecule has 1 amide bonds. The van der Waals surface area contributed by atoms with E-state index in [1.807, 2.05) is 38.1 Å². The van der Waals surface area contributed by atoms with Crippen LogP contribution in [0.25, 0.3) is 0 Å². The number of fused-ring (bicyclic) bond motifs is 1. The summed E-state index contributed by atoms with van der Waals surface area (Å²) in [6.45, 7) is 5.17. The Balaban J connectivity index is 1.60. The number of sulfonamides is 1. The van der Waals surface area contributed by atoms with Gasteiger partial charge < -0.3 is 14.8 Å². The van der Waals surface area contributed by atoms with Crippen molar-refractivity contribution < 1.29 is 22.7 Å². The molecule has 0 aromatic heterocycles. The number of carbonyl (C=O) groups excluding carboxylic acids is 1. The Kier molecular flexibility index (Phi) is 8.39. The Labute approximate surface area is 194 Å². The highest BCUT2D eigenvalue weighted by atomic mass is 35.5. The predicted molar refractivity (Wildman–Crippen MR) is 125 cm³/mol. The van der Waals surface area contributed by atoms with E-state index in [-0.39, 0.29) is 34.3 Å². The van der Waals surface area contributed by atoms with Crippen LogP contribution in [0, 0.1) is 0 Å². The van der Waals surface area contributed by atoms with Crippen molar-refractivity contribution in [1.82, 2.24) is 5.32 Å². The molecule has 0 spiro atoms. The molecule has 0 saturated carbocycles. The molecule has 1 heterocycles. The number of aryl methyl sites for hydroxylation is 1. The zero-order valence-electron chi connectivity index (χ0n) is 18.3. The number of amides is 1. The fraction of sp³-hybridized carbons (Fsp3) is 0.435. The molecule has 1 N–H and O–H groups in total. The van der Waals surface area contributed by atoms with Gasteiger partial charge >= 0.3 is 0 Å². The maximum absolute atomic E-state index is 13.2. The Morgan fingerprint density at radius 2 is 2.00 bits per heavy atom. The Bertz CT molecular complexity index is 1040. The largest absolute Gasteiger partial charge is 0.482 e. The lowest BCUT2D eigenvalue weighted by molar-refractivity contribution is -0.123. The fourth-order valence-electron chi connectivity index (χ4n) is 3.45. The summed E-state index contributed by atoms with van der Waals surface area (Å²) in [7, 11) is -3.77. The number of para-hydroxylation sites is 1. The van der Waals surface area contributed by atoms with Gasteiger partial charge in [0.25, 0.3) is 15.9 Å². The van der Waals surface area contributed by atoms with Gasteiger partial charge in [-0.2, -0.15) is 0 Å². The van der Waals surface area contributed by atoms with Crippen molar-refractivity contribution in [1.29, 1.82) is 0 Å². The summed E-state index contributed by atoms with van der Waals surface area (Å²) in [4.78, 5) is 12.0. The molecule has 0 aliphatic carbocycles. The van der Waals surface area contributed by atoms with Crippen LogP contribution in [0.5, 0.6) is 5.75 Å². The fourth-order valence-corrected chi connectivity index (χ4v) is 5.32. The number of hydrogen-bond donors (Lipinski definition) is 1. The lowest BCUT2D eigenvalue weighted by Gasteiger charge is -2.30. The highest BCUT2D eigenvalue weighted by Gasteiger charge is 2.29. The molecule has 3 rings (SSSR count). The summed E-state index contributed by atoms with van der Waals surface area (Å²) < 4.78 is 38.8. The molecule has 0 fully saturated rings. The molecule has 174 valence electrons. The number of halogens is 1. The maximum atomic E-state index is 13.2. The third-order valence-electron chi connectivity index (χ3n) is 5.01. The van der Waals surface area contributed by atoms with Gasteiger partial charge in [-0.05, 0) is 62.9 Å². The number of benzene rings is 2. The van der Waals surface area contributed by atoms with E-state index in [0.29, 0.717) is 31.8 Å². The average molecular weight is 481 g/mol. The van der Waals surface area contributed by atoms with Crippen molar-refractivity contribution in [2.24, 2.45) is 0 Å². The van der Waals surface area contributed by atoms with Crippen LogP contribution in [0.2, 0.25) is 5.02 Å². The first-order valence-electron chi connectivity index (χ1n) is 10.7. The van der Waals surface area contributed by atoms with E-state index < -0.39 is 10.0 Å². The minimum atomic E-state index is -3.77. The smallest absolute Gasteiger partial charge is 0.264 e. The Morgan fingerprint density at radius 1 is 1.22 bits per heavy atom. The second kappa shape index (κ2) is 11.0. The first kappa shape index (κ1) is 24.4. The minimum absolute atomic E-state index is 0.0844. The van der Waals surface area contributed by atoms with Crippen molar-refractivity contribution in [3.63, 3.8) is 0 Å². The molecule has 1 aliphatic heterocycles. The molecule has 0 saturated heterocycles. The van der Waals surface area contributed by atoms with Crippen molar-refractivity contribution in [2.45, 2.75) is 44.1 Å². The SMILES string of the molecule is CC(C)OCCCNC(=O)COc1ccc(S(=O)(=O)N2CCCc3ccccc32)cc1Cl. The summed E-state index contributed by atoms with van der Waals surface area (Å²) in [5.41, 5.74) is 1.71. The van der Waals surface area contributed by atoms with Crippen LogP contribution in [0.4, 0.5) is 5.69 Å². The topological polar surface area (TPSA) is 84.9 Å². The van der Waals surface area contributed by atoms with E-state index in [1.54, 1.807) is 0 Å². The summed E-state index contributed by atoms with van der Waals surface area (Å²) >= 11 is 6.28. The zero-order chi connectivity index (χ0) is 23.1. The number of hydrogen-bond acceptors (Lipinski definition) is 5. The van der Waals surface area contributed by atoms with Gasteiger partial charge in [0, 0.05) is 19.7 Å². The first-order chi connectivity index (χ1) is 15.3. The molecule has 1 aliphatic rings. The zero-order valence-corrected chi connectivity index (χ0v) is 19.9. The Morgan fingerprint density at radius 3 is 2.75 bits per heavy atom. The van der Waals surface area contributed by atoms with E-state index in [0.717, 1.165) is 18.4 Å². The molecule has 0 bridgehead atoms. The van der Waals surface area contributed by atoms with Crippen LogP contribution in [0.1, 0.15) is 32.3 Å². The average Bonchev–Trinajstić information content (AvgIpc) is 2.77. The molecule has 9 heteroatoms. The highest BCUT2D eigenvalue weighted by molar-refractivity contribution is 7.92. The van der Waals surface area contributed by atoms with Crippen LogP contribution in [0.3, 0.4) is 0 Å². The van der Waals surface area contributed by atoms with Crippen molar-refractivity contribution >= 4 is 33.2 Å².